The van der Waals surface area contributed by atoms with Gasteiger partial charge in [0, 0.05) is 16.9 Å². The summed E-state index contributed by atoms with van der Waals surface area (Å²) in [6, 6.07) is 15.4. The first-order valence-electron chi connectivity index (χ1n) is 8.95. The van der Waals surface area contributed by atoms with Gasteiger partial charge in [-0.3, -0.25) is 4.52 Å². The van der Waals surface area contributed by atoms with Crippen LogP contribution in [0.5, 0.6) is 5.75 Å². The van der Waals surface area contributed by atoms with Crippen LogP contribution < -0.4 is 9.83 Å². The van der Waals surface area contributed by atoms with Crippen molar-refractivity contribution >= 4 is 24.7 Å². The third kappa shape index (κ3) is 4.49. The van der Waals surface area contributed by atoms with Gasteiger partial charge in [0.25, 0.3) is 0 Å². The van der Waals surface area contributed by atoms with Crippen LogP contribution in [-0.2, 0) is 9.09 Å². The quantitative estimate of drug-likeness (QED) is 0.403. The number of unbranched alkanes of at least 4 members (excludes halogenated alkanes) is 3. The molecule has 0 bridgehead atoms. The molecule has 1 aliphatic heterocycles. The third-order valence-corrected chi connectivity index (χ3v) is 7.20. The normalized spacial score (nSPS) is 18.3. The van der Waals surface area contributed by atoms with E-state index in [-0.39, 0.29) is 0 Å². The number of hydrogen-bond donors (Lipinski definition) is 0. The second-order valence-corrected chi connectivity index (χ2v) is 9.25. The second-order valence-electron chi connectivity index (χ2n) is 6.11. The molecule has 0 aromatic heterocycles. The van der Waals surface area contributed by atoms with Crippen LogP contribution in [0.2, 0.25) is 0 Å². The van der Waals surface area contributed by atoms with E-state index in [0.29, 0.717) is 17.7 Å². The fourth-order valence-electron chi connectivity index (χ4n) is 2.93. The van der Waals surface area contributed by atoms with Crippen molar-refractivity contribution < 1.29 is 13.6 Å². The van der Waals surface area contributed by atoms with Gasteiger partial charge in [-0.05, 0) is 24.3 Å². The molecule has 0 spiro atoms. The fraction of sp³-hybridized carbons (Fsp3) is 0.400. The summed E-state index contributed by atoms with van der Waals surface area (Å²) in [6.45, 7) is 2.66. The molecule has 0 fully saturated rings. The zero-order valence-corrected chi connectivity index (χ0v) is 16.4. The first-order valence-corrected chi connectivity index (χ1v) is 11.7. The van der Waals surface area contributed by atoms with Crippen molar-refractivity contribution in [2.45, 2.75) is 32.6 Å². The molecule has 3 nitrogen and oxygen atoms in total. The minimum absolute atomic E-state index is 0.437. The Morgan fingerprint density at radius 3 is 2.56 bits per heavy atom. The van der Waals surface area contributed by atoms with Gasteiger partial charge in [0.2, 0.25) is 0 Å². The summed E-state index contributed by atoms with van der Waals surface area (Å²) < 4.78 is 25.0. The van der Waals surface area contributed by atoms with Crippen molar-refractivity contribution in [3.05, 3.63) is 48.5 Å². The first kappa shape index (κ1) is 18.6. The Morgan fingerprint density at radius 1 is 0.960 bits per heavy atom. The minimum Gasteiger partial charge on any atom is -0.421 e. The van der Waals surface area contributed by atoms with Crippen molar-refractivity contribution in [2.24, 2.45) is 0 Å². The molecule has 5 heteroatoms. The Bertz CT molecular complexity index is 747. The zero-order valence-electron chi connectivity index (χ0n) is 14.6. The Hall–Kier alpha value is -1.22. The number of benzene rings is 2. The molecule has 134 valence electrons. The number of thioether (sulfide) groups is 1. The minimum atomic E-state index is -3.32. The zero-order chi connectivity index (χ0) is 17.5. The van der Waals surface area contributed by atoms with Crippen molar-refractivity contribution in [2.75, 3.05) is 18.1 Å². The lowest BCUT2D eigenvalue weighted by molar-refractivity contribution is 0.291. The first-order chi connectivity index (χ1) is 12.2. The highest BCUT2D eigenvalue weighted by Gasteiger charge is 2.37. The highest BCUT2D eigenvalue weighted by molar-refractivity contribution is 7.99. The average molecular weight is 376 g/mol. The summed E-state index contributed by atoms with van der Waals surface area (Å²) in [5, 5.41) is 0.668. The lowest BCUT2D eigenvalue weighted by Crippen LogP contribution is -2.20. The van der Waals surface area contributed by atoms with Gasteiger partial charge in [0.15, 0.2) is 0 Å². The van der Waals surface area contributed by atoms with Crippen LogP contribution in [0.4, 0.5) is 0 Å². The molecule has 3 rings (SSSR count). The summed E-state index contributed by atoms with van der Waals surface area (Å²) in [6.07, 6.45) is 5.09. The summed E-state index contributed by atoms with van der Waals surface area (Å²) in [4.78, 5) is 0. The monoisotopic (exact) mass is 376 g/mol. The number of hydrogen-bond acceptors (Lipinski definition) is 4. The molecule has 2 aromatic carbocycles. The van der Waals surface area contributed by atoms with Crippen molar-refractivity contribution in [3.63, 3.8) is 0 Å². The maximum absolute atomic E-state index is 13.3. The van der Waals surface area contributed by atoms with Gasteiger partial charge in [-0.2, -0.15) is 11.8 Å². The standard InChI is InChI=1S/C20H25O3PS/c1-2-3-4-9-15-25-16-14-22-24(21)20-13-8-6-11-18(20)17-10-5-7-12-19(17)23-24/h5-8,10-13H,2-4,9,14-16H2,1H3. The van der Waals surface area contributed by atoms with Gasteiger partial charge >= 0.3 is 7.60 Å². The van der Waals surface area contributed by atoms with Gasteiger partial charge in [0.05, 0.1) is 11.9 Å². The molecule has 2 aromatic rings. The van der Waals surface area contributed by atoms with Crippen LogP contribution in [0.1, 0.15) is 32.6 Å². The Kier molecular flexibility index (Phi) is 6.63. The van der Waals surface area contributed by atoms with E-state index >= 15 is 0 Å². The molecule has 0 saturated heterocycles. The van der Waals surface area contributed by atoms with Crippen LogP contribution in [0.25, 0.3) is 11.1 Å². The number of fused-ring (bicyclic) bond motifs is 3. The van der Waals surface area contributed by atoms with E-state index in [4.69, 9.17) is 9.05 Å². The predicted octanol–water partition coefficient (Wildman–Crippen LogP) is 5.89. The van der Waals surface area contributed by atoms with Crippen LogP contribution >= 0.6 is 19.4 Å². The molecule has 1 aliphatic rings. The van der Waals surface area contributed by atoms with Crippen molar-refractivity contribution in [1.82, 2.24) is 0 Å². The lowest BCUT2D eigenvalue weighted by Gasteiger charge is -2.27. The summed E-state index contributed by atoms with van der Waals surface area (Å²) in [7, 11) is -3.32. The van der Waals surface area contributed by atoms with Crippen LogP contribution in [0.15, 0.2) is 48.5 Å². The number of rotatable bonds is 9. The smallest absolute Gasteiger partial charge is 0.411 e. The SMILES string of the molecule is CCCCCCSCCOP1(=O)Oc2ccccc2-c2ccccc21. The Morgan fingerprint density at radius 2 is 1.72 bits per heavy atom. The number of para-hydroxylation sites is 1. The molecule has 1 unspecified atom stereocenters. The predicted molar refractivity (Wildman–Crippen MR) is 107 cm³/mol. The molecule has 0 amide bonds. The molecule has 0 N–H and O–H groups in total. The maximum Gasteiger partial charge on any atom is 0.411 e. The molecule has 0 aliphatic carbocycles. The highest BCUT2D eigenvalue weighted by atomic mass is 32.2. The van der Waals surface area contributed by atoms with E-state index in [9.17, 15) is 4.57 Å². The third-order valence-electron chi connectivity index (χ3n) is 4.23. The molecule has 0 saturated carbocycles. The van der Waals surface area contributed by atoms with E-state index in [2.05, 4.69) is 6.92 Å². The lowest BCUT2D eigenvalue weighted by atomic mass is 10.0. The van der Waals surface area contributed by atoms with Gasteiger partial charge < -0.3 is 4.52 Å². The fourth-order valence-corrected chi connectivity index (χ4v) is 5.67. The summed E-state index contributed by atoms with van der Waals surface area (Å²) >= 11 is 1.86. The Balaban J connectivity index is 1.61. The molecular weight excluding hydrogens is 351 g/mol. The van der Waals surface area contributed by atoms with E-state index in [1.54, 1.807) is 0 Å². The van der Waals surface area contributed by atoms with Gasteiger partial charge in [-0.15, -0.1) is 0 Å². The van der Waals surface area contributed by atoms with Gasteiger partial charge in [0.1, 0.15) is 5.75 Å². The van der Waals surface area contributed by atoms with Gasteiger partial charge in [-0.25, -0.2) is 4.57 Å². The van der Waals surface area contributed by atoms with Crippen LogP contribution in [-0.4, -0.2) is 18.1 Å². The molecule has 0 radical (unpaired) electrons. The molecular formula is C20H25O3PS. The van der Waals surface area contributed by atoms with E-state index in [1.807, 2.05) is 60.3 Å². The van der Waals surface area contributed by atoms with Gasteiger partial charge in [-0.1, -0.05) is 62.6 Å². The van der Waals surface area contributed by atoms with Crippen LogP contribution in [0.3, 0.4) is 0 Å². The largest absolute Gasteiger partial charge is 0.421 e. The van der Waals surface area contributed by atoms with E-state index in [0.717, 1.165) is 22.6 Å². The van der Waals surface area contributed by atoms with E-state index in [1.165, 1.54) is 25.7 Å². The average Bonchev–Trinajstić information content (AvgIpc) is 2.64. The molecule has 1 atom stereocenters. The summed E-state index contributed by atoms with van der Waals surface area (Å²) in [5.41, 5.74) is 1.92. The maximum atomic E-state index is 13.3. The van der Waals surface area contributed by atoms with Crippen molar-refractivity contribution in [1.29, 1.82) is 0 Å². The van der Waals surface area contributed by atoms with Crippen molar-refractivity contribution in [3.8, 4) is 16.9 Å². The Labute approximate surface area is 154 Å². The summed E-state index contributed by atoms with van der Waals surface area (Å²) in [5.74, 6) is 2.61. The second kappa shape index (κ2) is 8.93. The molecule has 1 heterocycles. The highest BCUT2D eigenvalue weighted by Crippen LogP contribution is 2.55. The van der Waals surface area contributed by atoms with E-state index < -0.39 is 7.60 Å². The van der Waals surface area contributed by atoms with Crippen LogP contribution in [0, 0.1) is 0 Å². The topological polar surface area (TPSA) is 35.5 Å². The molecule has 25 heavy (non-hydrogen) atoms.